The number of hydrogen-bond donors (Lipinski definition) is 0. The van der Waals surface area contributed by atoms with Gasteiger partial charge in [-0.1, -0.05) is 12.1 Å². The lowest BCUT2D eigenvalue weighted by atomic mass is 9.69. The molecule has 0 aromatic carbocycles. The van der Waals surface area contributed by atoms with Crippen molar-refractivity contribution >= 4 is 0 Å². The fourth-order valence-electron chi connectivity index (χ4n) is 1.49. The average Bonchev–Trinajstić information content (AvgIpc) is 1.62. The highest BCUT2D eigenvalue weighted by Crippen LogP contribution is 2.40. The van der Waals surface area contributed by atoms with Gasteiger partial charge in [0.15, 0.2) is 0 Å². The van der Waals surface area contributed by atoms with Crippen molar-refractivity contribution in [3.8, 4) is 0 Å². The summed E-state index contributed by atoms with van der Waals surface area (Å²) in [6, 6.07) is 0.887. The van der Waals surface area contributed by atoms with Crippen molar-refractivity contribution in [3.05, 3.63) is 12.1 Å². The van der Waals surface area contributed by atoms with Crippen LogP contribution in [0.5, 0.6) is 0 Å². The largest absolute Gasteiger partial charge is 0.0880 e. The maximum Gasteiger partial charge on any atom is 0.0573 e. The van der Waals surface area contributed by atoms with E-state index in [-0.39, 0.29) is 0 Å². The van der Waals surface area contributed by atoms with Gasteiger partial charge in [-0.2, -0.15) is 0 Å². The van der Waals surface area contributed by atoms with E-state index in [0.717, 1.165) is 24.3 Å². The smallest absolute Gasteiger partial charge is 0.0573 e. The van der Waals surface area contributed by atoms with Crippen LogP contribution in [0.3, 0.4) is 0 Å². The van der Waals surface area contributed by atoms with Crippen molar-refractivity contribution in [1.82, 2.24) is 0 Å². The normalized spacial score (nSPS) is 49.1. The molecule has 3 aliphatic carbocycles. The Balaban J connectivity index is 2.19. The van der Waals surface area contributed by atoms with Crippen LogP contribution < -0.4 is 0 Å². The van der Waals surface area contributed by atoms with Gasteiger partial charge < -0.3 is 0 Å². The molecule has 0 aromatic heterocycles. The van der Waals surface area contributed by atoms with E-state index < -0.39 is 0 Å². The molecule has 38 valence electrons. The molecule has 0 atom stereocenters. The zero-order valence-electron chi connectivity index (χ0n) is 5.35. The molecular weight excluding hydrogens is 84.1 g/mol. The molecule has 0 aliphatic heterocycles. The van der Waals surface area contributed by atoms with E-state index in [0.29, 0.717) is 0 Å². The first kappa shape index (κ1) is 2.91. The second-order valence-electron chi connectivity index (χ2n) is 2.67. The van der Waals surface area contributed by atoms with Gasteiger partial charge in [-0.25, -0.2) is 0 Å². The summed E-state index contributed by atoms with van der Waals surface area (Å²) in [7, 11) is 0. The monoisotopic (exact) mass is 95.1 g/mol. The van der Waals surface area contributed by atoms with Crippen LogP contribution in [0.1, 0.15) is 20.6 Å². The van der Waals surface area contributed by atoms with E-state index in [9.17, 15) is 0 Å². The second-order valence-corrected chi connectivity index (χ2v) is 2.67. The summed E-state index contributed by atoms with van der Waals surface area (Å²) >= 11 is 0. The van der Waals surface area contributed by atoms with E-state index in [1.165, 1.54) is 12.8 Å². The molecule has 0 N–H and O–H groups in total. The van der Waals surface area contributed by atoms with Crippen LogP contribution in [0.2, 0.25) is 0 Å². The van der Waals surface area contributed by atoms with Crippen molar-refractivity contribution in [2.75, 3.05) is 0 Å². The van der Waals surface area contributed by atoms with Gasteiger partial charge in [0.2, 0.25) is 0 Å². The molecule has 0 unspecified atom stereocenters. The Morgan fingerprint density at radius 3 is 2.71 bits per heavy atom. The quantitative estimate of drug-likeness (QED) is 0.403. The second kappa shape index (κ2) is 1.12. The Morgan fingerprint density at radius 2 is 2.43 bits per heavy atom. The van der Waals surface area contributed by atoms with Crippen molar-refractivity contribution in [1.29, 1.82) is 0 Å². The first-order valence-electron chi connectivity index (χ1n) is 3.52. The van der Waals surface area contributed by atoms with Crippen LogP contribution in [-0.2, 0) is 0 Å². The van der Waals surface area contributed by atoms with Gasteiger partial charge in [-0.05, 0) is 31.1 Å². The first-order valence-corrected chi connectivity index (χ1v) is 3.02. The van der Waals surface area contributed by atoms with Crippen LogP contribution in [0.4, 0.5) is 0 Å². The number of fused-ring (bicyclic) bond motifs is 1. The summed E-state index contributed by atoms with van der Waals surface area (Å²) < 4.78 is 7.29. The molecular formula is C7H10. The van der Waals surface area contributed by atoms with Crippen molar-refractivity contribution < 1.29 is 1.37 Å². The van der Waals surface area contributed by atoms with Crippen LogP contribution in [-0.4, -0.2) is 0 Å². The third kappa shape index (κ3) is 0.425. The number of allylic oxidation sites excluding steroid dienone is 2. The van der Waals surface area contributed by atoms with Gasteiger partial charge in [0, 0.05) is 0 Å². The maximum atomic E-state index is 7.29. The zero-order chi connectivity index (χ0) is 5.56. The van der Waals surface area contributed by atoms with Crippen molar-refractivity contribution in [3.63, 3.8) is 0 Å². The fraction of sp³-hybridized carbons (Fsp3) is 0.714. The van der Waals surface area contributed by atoms with Crippen LogP contribution in [0.25, 0.3) is 0 Å². The summed E-state index contributed by atoms with van der Waals surface area (Å²) in [5.41, 5.74) is 0. The van der Waals surface area contributed by atoms with E-state index >= 15 is 0 Å². The Kier molecular flexibility index (Phi) is 0.464. The summed E-state index contributed by atoms with van der Waals surface area (Å²) in [6.07, 6.45) is 5.95. The summed E-state index contributed by atoms with van der Waals surface area (Å²) in [5, 5.41) is 0. The molecule has 0 radical (unpaired) electrons. The van der Waals surface area contributed by atoms with E-state index in [1.54, 1.807) is 0 Å². The van der Waals surface area contributed by atoms with E-state index in [4.69, 9.17) is 1.37 Å². The fourth-order valence-corrected chi connectivity index (χ4v) is 1.49. The molecule has 0 aromatic rings. The van der Waals surface area contributed by atoms with Gasteiger partial charge in [-0.3, -0.25) is 0 Å². The minimum Gasteiger partial charge on any atom is -0.0880 e. The predicted molar refractivity (Wildman–Crippen MR) is 30.0 cm³/mol. The predicted octanol–water partition coefficient (Wildman–Crippen LogP) is 1.97. The average molecular weight is 95.2 g/mol. The number of hydrogen-bond acceptors (Lipinski definition) is 0. The Hall–Kier alpha value is -0.260. The Bertz CT molecular complexity index is 131. The van der Waals surface area contributed by atoms with Crippen molar-refractivity contribution in [2.24, 2.45) is 11.8 Å². The Morgan fingerprint density at radius 1 is 1.57 bits per heavy atom. The highest BCUT2D eigenvalue weighted by molar-refractivity contribution is 5.03. The minimum atomic E-state index is 0.807. The van der Waals surface area contributed by atoms with Gasteiger partial charge in [0.05, 0.1) is 1.37 Å². The lowest BCUT2D eigenvalue weighted by molar-refractivity contribution is 0.225. The molecule has 2 bridgehead atoms. The topological polar surface area (TPSA) is 0 Å². The molecule has 0 heterocycles. The molecule has 0 spiro atoms. The summed E-state index contributed by atoms with van der Waals surface area (Å²) in [4.78, 5) is 0. The van der Waals surface area contributed by atoms with Gasteiger partial charge in [-0.15, -0.1) is 0 Å². The third-order valence-corrected chi connectivity index (χ3v) is 2.03. The summed E-state index contributed by atoms with van der Waals surface area (Å²) in [6.45, 7) is 0. The molecule has 3 aliphatic rings. The SMILES string of the molecule is [2H]C1=CC2CC(C1)C2. The minimum absolute atomic E-state index is 0.807. The highest BCUT2D eigenvalue weighted by atomic mass is 14.3. The number of rotatable bonds is 0. The first-order chi connectivity index (χ1) is 3.84. The van der Waals surface area contributed by atoms with E-state index in [2.05, 4.69) is 6.08 Å². The summed E-state index contributed by atoms with van der Waals surface area (Å²) in [5.74, 6) is 1.71. The van der Waals surface area contributed by atoms with Crippen molar-refractivity contribution in [2.45, 2.75) is 19.3 Å². The zero-order valence-corrected chi connectivity index (χ0v) is 4.35. The highest BCUT2D eigenvalue weighted by Gasteiger charge is 2.28. The van der Waals surface area contributed by atoms with Gasteiger partial charge >= 0.3 is 0 Å². The molecule has 0 amide bonds. The lowest BCUT2D eigenvalue weighted by Crippen LogP contribution is -2.24. The van der Waals surface area contributed by atoms with Crippen LogP contribution in [0.15, 0.2) is 12.1 Å². The van der Waals surface area contributed by atoms with Gasteiger partial charge in [0.1, 0.15) is 0 Å². The van der Waals surface area contributed by atoms with Crippen LogP contribution >= 0.6 is 0 Å². The molecule has 7 heavy (non-hydrogen) atoms. The molecule has 1 fully saturated rings. The van der Waals surface area contributed by atoms with Gasteiger partial charge in [0.25, 0.3) is 0 Å². The van der Waals surface area contributed by atoms with Crippen LogP contribution in [0, 0.1) is 11.8 Å². The molecule has 1 saturated carbocycles. The molecule has 0 heteroatoms. The molecule has 0 saturated heterocycles. The third-order valence-electron chi connectivity index (χ3n) is 2.03. The molecule has 3 rings (SSSR count). The van der Waals surface area contributed by atoms with E-state index in [1.807, 2.05) is 0 Å². The molecule has 0 nitrogen and oxygen atoms in total. The maximum absolute atomic E-state index is 7.29. The lowest BCUT2D eigenvalue weighted by Gasteiger charge is -2.36. The Labute approximate surface area is 45.6 Å². The standard InChI is InChI=1S/C7H10/c1-2-6-4-7(3-1)5-6/h1-2,6-7H,3-5H2/i1D.